The lowest BCUT2D eigenvalue weighted by atomic mass is 10.2. The van der Waals surface area contributed by atoms with Gasteiger partial charge in [0, 0.05) is 6.42 Å². The van der Waals surface area contributed by atoms with Crippen molar-refractivity contribution >= 4 is 0 Å². The molecule has 1 atom stereocenters. The Morgan fingerprint density at radius 1 is 1.56 bits per heavy atom. The van der Waals surface area contributed by atoms with Gasteiger partial charge in [-0.25, -0.2) is 0 Å². The number of hydrogen-bond acceptors (Lipinski definition) is 1. The zero-order chi connectivity index (χ0) is 7.11. The van der Waals surface area contributed by atoms with E-state index in [1.807, 2.05) is 6.92 Å². The maximum atomic E-state index is 8.80. The van der Waals surface area contributed by atoms with Gasteiger partial charge < -0.3 is 5.11 Å². The molecule has 0 saturated heterocycles. The molecule has 0 aliphatic carbocycles. The molecule has 0 spiro atoms. The van der Waals surface area contributed by atoms with E-state index in [0.717, 1.165) is 19.3 Å². The Bertz CT molecular complexity index is 105. The van der Waals surface area contributed by atoms with Crippen LogP contribution < -0.4 is 0 Å². The molecule has 9 heavy (non-hydrogen) atoms. The van der Waals surface area contributed by atoms with Crippen LogP contribution >= 0.6 is 0 Å². The number of rotatable bonds is 3. The standard InChI is InChI=1S/C8H14O/c1-3-4-5-6-7-8(2)9/h8-9H,5-7H2,1-2H3/t8-/m0/s1. The molecule has 0 aromatic heterocycles. The van der Waals surface area contributed by atoms with Crippen molar-refractivity contribution in [2.24, 2.45) is 0 Å². The molecule has 0 rings (SSSR count). The molecular formula is C8H14O. The average molecular weight is 126 g/mol. The highest BCUT2D eigenvalue weighted by atomic mass is 16.3. The Morgan fingerprint density at radius 2 is 2.22 bits per heavy atom. The molecule has 1 heteroatoms. The quantitative estimate of drug-likeness (QED) is 0.449. The molecule has 0 aromatic rings. The summed E-state index contributed by atoms with van der Waals surface area (Å²) in [5.41, 5.74) is 0. The molecule has 0 saturated carbocycles. The van der Waals surface area contributed by atoms with E-state index >= 15 is 0 Å². The van der Waals surface area contributed by atoms with Crippen molar-refractivity contribution in [1.29, 1.82) is 0 Å². The third-order valence-corrected chi connectivity index (χ3v) is 1.10. The van der Waals surface area contributed by atoms with Gasteiger partial charge in [-0.2, -0.15) is 0 Å². The summed E-state index contributed by atoms with van der Waals surface area (Å²) in [6.07, 6.45) is 2.64. The molecule has 0 amide bonds. The Morgan fingerprint density at radius 3 is 2.67 bits per heavy atom. The molecular weight excluding hydrogens is 112 g/mol. The van der Waals surface area contributed by atoms with Crippen LogP contribution in [0, 0.1) is 11.8 Å². The summed E-state index contributed by atoms with van der Waals surface area (Å²) in [6.45, 7) is 3.64. The molecule has 52 valence electrons. The normalized spacial score (nSPS) is 11.9. The third kappa shape index (κ3) is 7.52. The largest absolute Gasteiger partial charge is 0.393 e. The molecule has 0 aliphatic heterocycles. The minimum absolute atomic E-state index is 0.163. The highest BCUT2D eigenvalue weighted by molar-refractivity contribution is 4.94. The highest BCUT2D eigenvalue weighted by Gasteiger charge is 1.91. The van der Waals surface area contributed by atoms with Gasteiger partial charge in [-0.1, -0.05) is 0 Å². The van der Waals surface area contributed by atoms with Gasteiger partial charge in [-0.3, -0.25) is 0 Å². The predicted octanol–water partition coefficient (Wildman–Crippen LogP) is 1.56. The van der Waals surface area contributed by atoms with E-state index in [0.29, 0.717) is 0 Å². The van der Waals surface area contributed by atoms with Crippen molar-refractivity contribution < 1.29 is 5.11 Å². The van der Waals surface area contributed by atoms with E-state index in [1.54, 1.807) is 6.92 Å². The fraction of sp³-hybridized carbons (Fsp3) is 0.750. The molecule has 0 radical (unpaired) electrons. The summed E-state index contributed by atoms with van der Waals surface area (Å²) in [5, 5.41) is 8.80. The maximum Gasteiger partial charge on any atom is 0.0512 e. The molecule has 1 N–H and O–H groups in total. The summed E-state index contributed by atoms with van der Waals surface area (Å²) in [6, 6.07) is 0. The van der Waals surface area contributed by atoms with Gasteiger partial charge in [0.2, 0.25) is 0 Å². The smallest absolute Gasteiger partial charge is 0.0512 e. The number of aliphatic hydroxyl groups excluding tert-OH is 1. The van der Waals surface area contributed by atoms with Crippen LogP contribution in [0.2, 0.25) is 0 Å². The van der Waals surface area contributed by atoms with E-state index in [4.69, 9.17) is 5.11 Å². The van der Waals surface area contributed by atoms with Gasteiger partial charge >= 0.3 is 0 Å². The van der Waals surface area contributed by atoms with E-state index in [2.05, 4.69) is 11.8 Å². The molecule has 0 aromatic carbocycles. The second-order valence-electron chi connectivity index (χ2n) is 2.17. The fourth-order valence-corrected chi connectivity index (χ4v) is 0.611. The number of hydrogen-bond donors (Lipinski definition) is 1. The Labute approximate surface area is 57.1 Å². The first kappa shape index (κ1) is 8.52. The maximum absolute atomic E-state index is 8.80. The van der Waals surface area contributed by atoms with Crippen molar-refractivity contribution in [2.45, 2.75) is 39.2 Å². The van der Waals surface area contributed by atoms with Gasteiger partial charge in [0.15, 0.2) is 0 Å². The fourth-order valence-electron chi connectivity index (χ4n) is 0.611. The zero-order valence-electron chi connectivity index (χ0n) is 6.15. The van der Waals surface area contributed by atoms with Crippen LogP contribution in [0.25, 0.3) is 0 Å². The molecule has 0 heterocycles. The molecule has 0 fully saturated rings. The molecule has 0 aliphatic rings. The summed E-state index contributed by atoms with van der Waals surface area (Å²) in [4.78, 5) is 0. The summed E-state index contributed by atoms with van der Waals surface area (Å²) < 4.78 is 0. The Kier molecular flexibility index (Phi) is 5.35. The topological polar surface area (TPSA) is 20.2 Å². The second-order valence-corrected chi connectivity index (χ2v) is 2.17. The van der Waals surface area contributed by atoms with Gasteiger partial charge in [0.1, 0.15) is 0 Å². The van der Waals surface area contributed by atoms with Crippen LogP contribution in [-0.2, 0) is 0 Å². The average Bonchev–Trinajstić information content (AvgIpc) is 1.80. The van der Waals surface area contributed by atoms with Crippen LogP contribution in [0.1, 0.15) is 33.1 Å². The van der Waals surface area contributed by atoms with Crippen LogP contribution in [0.15, 0.2) is 0 Å². The van der Waals surface area contributed by atoms with Crippen molar-refractivity contribution in [1.82, 2.24) is 0 Å². The lowest BCUT2D eigenvalue weighted by Gasteiger charge is -1.98. The van der Waals surface area contributed by atoms with Crippen LogP contribution in [0.4, 0.5) is 0 Å². The van der Waals surface area contributed by atoms with Crippen molar-refractivity contribution in [2.75, 3.05) is 0 Å². The van der Waals surface area contributed by atoms with Crippen molar-refractivity contribution in [3.05, 3.63) is 0 Å². The van der Waals surface area contributed by atoms with Crippen LogP contribution in [0.3, 0.4) is 0 Å². The first-order valence-corrected chi connectivity index (χ1v) is 3.35. The lowest BCUT2D eigenvalue weighted by Crippen LogP contribution is -1.97. The number of unbranched alkanes of at least 4 members (excludes halogenated alkanes) is 1. The number of aliphatic hydroxyl groups is 1. The highest BCUT2D eigenvalue weighted by Crippen LogP contribution is 1.97. The van der Waals surface area contributed by atoms with E-state index < -0.39 is 0 Å². The first-order valence-electron chi connectivity index (χ1n) is 3.35. The van der Waals surface area contributed by atoms with Gasteiger partial charge in [0.05, 0.1) is 6.10 Å². The van der Waals surface area contributed by atoms with E-state index in [-0.39, 0.29) is 6.10 Å². The predicted molar refractivity (Wildman–Crippen MR) is 39.0 cm³/mol. The molecule has 1 nitrogen and oxygen atoms in total. The van der Waals surface area contributed by atoms with Gasteiger partial charge in [0.25, 0.3) is 0 Å². The minimum atomic E-state index is -0.163. The van der Waals surface area contributed by atoms with E-state index in [9.17, 15) is 0 Å². The summed E-state index contributed by atoms with van der Waals surface area (Å²) in [7, 11) is 0. The molecule has 0 unspecified atom stereocenters. The van der Waals surface area contributed by atoms with Crippen molar-refractivity contribution in [3.63, 3.8) is 0 Å². The lowest BCUT2D eigenvalue weighted by molar-refractivity contribution is 0.182. The zero-order valence-corrected chi connectivity index (χ0v) is 6.15. The summed E-state index contributed by atoms with van der Waals surface area (Å²) in [5.74, 6) is 5.75. The second kappa shape index (κ2) is 5.65. The van der Waals surface area contributed by atoms with Gasteiger partial charge in [-0.05, 0) is 26.7 Å². The van der Waals surface area contributed by atoms with Gasteiger partial charge in [-0.15, -0.1) is 11.8 Å². The summed E-state index contributed by atoms with van der Waals surface area (Å²) >= 11 is 0. The Balaban J connectivity index is 2.98. The van der Waals surface area contributed by atoms with Crippen molar-refractivity contribution in [3.8, 4) is 11.8 Å². The monoisotopic (exact) mass is 126 g/mol. The minimum Gasteiger partial charge on any atom is -0.393 e. The van der Waals surface area contributed by atoms with Crippen LogP contribution in [-0.4, -0.2) is 11.2 Å². The molecule has 0 bridgehead atoms. The first-order chi connectivity index (χ1) is 4.27. The SMILES string of the molecule is CC#CCCC[C@H](C)O. The van der Waals surface area contributed by atoms with E-state index in [1.165, 1.54) is 0 Å². The Hall–Kier alpha value is -0.480. The third-order valence-electron chi connectivity index (χ3n) is 1.10. The van der Waals surface area contributed by atoms with Crippen LogP contribution in [0.5, 0.6) is 0 Å².